The van der Waals surface area contributed by atoms with Crippen molar-refractivity contribution in [2.24, 2.45) is 5.34 Å². The van der Waals surface area contributed by atoms with Crippen LogP contribution in [-0.2, 0) is 39.1 Å². The van der Waals surface area contributed by atoms with Gasteiger partial charge in [0.2, 0.25) is 11.8 Å². The summed E-state index contributed by atoms with van der Waals surface area (Å²) in [5.74, 6) is -8.69. The van der Waals surface area contributed by atoms with E-state index in [1.165, 1.54) is 57.2 Å². The Bertz CT molecular complexity index is 2340. The molecular formula is C36H39N6NaO19S. The zero-order chi connectivity index (χ0) is 49.2. The molecule has 6 rings (SSSR count). The minimum atomic E-state index is -4.67. The number of fused-ring (bicyclic) bond motifs is 2. The van der Waals surface area contributed by atoms with Gasteiger partial charge in [0.05, 0.1) is 25.0 Å². The largest absolute Gasteiger partial charge is 1.00 e. The summed E-state index contributed by atoms with van der Waals surface area (Å²) in [6.45, 7) is 9.24. The molecule has 4 aliphatic heterocycles. The number of rotatable bonds is 2. The fourth-order valence-electron chi connectivity index (χ4n) is 5.84. The number of anilines is 1. The number of nitrogens with two attached hydrogens (primary N) is 1. The molecule has 2 aromatic rings. The number of hydrogen-bond donors (Lipinski definition) is 4. The van der Waals surface area contributed by atoms with E-state index >= 15 is 0 Å². The molecule has 25 nitrogen and oxygen atoms in total. The molecule has 0 radical (unpaired) electrons. The fourth-order valence-corrected chi connectivity index (χ4v) is 5.84. The smallest absolute Gasteiger partial charge is 0.507 e. The molecule has 2 fully saturated rings. The van der Waals surface area contributed by atoms with Gasteiger partial charge in [-0.3, -0.25) is 57.3 Å². The van der Waals surface area contributed by atoms with E-state index in [1.54, 1.807) is 20.8 Å². The molecular weight excluding hydrogens is 875 g/mol. The van der Waals surface area contributed by atoms with Crippen LogP contribution >= 0.6 is 0 Å². The molecule has 0 bridgehead atoms. The second kappa shape index (κ2) is 20.3. The minimum Gasteiger partial charge on any atom is -0.507 e. The molecule has 2 unspecified atom stereocenters. The van der Waals surface area contributed by atoms with Crippen molar-refractivity contribution in [3.8, 4) is 5.75 Å². The molecule has 4 heterocycles. The minimum absolute atomic E-state index is 0. The van der Waals surface area contributed by atoms with Gasteiger partial charge in [0.1, 0.15) is 29.0 Å². The summed E-state index contributed by atoms with van der Waals surface area (Å²) in [4.78, 5) is 135. The molecule has 2 saturated heterocycles. The Labute approximate surface area is 382 Å². The van der Waals surface area contributed by atoms with Gasteiger partial charge in [-0.25, -0.2) is 9.59 Å². The Morgan fingerprint density at radius 1 is 0.730 bits per heavy atom. The van der Waals surface area contributed by atoms with E-state index in [9.17, 15) is 53.1 Å². The number of amides is 10. The fraction of sp³-hybridized carbons (Fsp3) is 0.389. The standard InChI is InChI=1S/C18H19N3O6.C18H18N2O7.HNO2.Na.H2O4S/c1-18(2,3)27-17(26)21-12(22)8-7-11(15(21)24)20-14(23)9-5-4-6-10(19)13(9)16(20)25;1-18(2,3)27-17(26)20-12(22)8-7-10(15(20)24)19-14(23)9-5-4-6-11(21)13(9)16(19)25;2-1-3;;1-5(2,3)4/h4-6,11H,7-8,19H2,1-3H3;4-6,10,21H,7-8H2,1-3H3;(H,2,3);;(H2,1,2,3,4)/q;;;+1;/p-1/i11D;10D;;;. The molecule has 10 amide bonds. The van der Waals surface area contributed by atoms with Gasteiger partial charge in [-0.05, 0) is 78.6 Å². The molecule has 0 spiro atoms. The van der Waals surface area contributed by atoms with Crippen molar-refractivity contribution in [2.75, 3.05) is 5.73 Å². The van der Waals surface area contributed by atoms with Gasteiger partial charge < -0.3 is 30.4 Å². The molecule has 63 heavy (non-hydrogen) atoms. The summed E-state index contributed by atoms with van der Waals surface area (Å²) in [7, 11) is -4.67. The van der Waals surface area contributed by atoms with Crippen molar-refractivity contribution >= 4 is 75.5 Å². The Morgan fingerprint density at radius 2 is 1.06 bits per heavy atom. The first-order chi connectivity index (χ1) is 29.2. The molecule has 0 aliphatic carbocycles. The normalized spacial score (nSPS) is 21.2. The van der Waals surface area contributed by atoms with E-state index in [1.807, 2.05) is 0 Å². The number of likely N-dealkylation sites (tertiary alicyclic amines) is 2. The summed E-state index contributed by atoms with van der Waals surface area (Å²) >= 11 is 0. The van der Waals surface area contributed by atoms with Crippen LogP contribution in [-0.4, -0.2) is 125 Å². The van der Waals surface area contributed by atoms with Crippen LogP contribution in [0.25, 0.3) is 0 Å². The number of phenolic OH excluding ortho intramolecular Hbond substituents is 1. The van der Waals surface area contributed by atoms with Gasteiger partial charge in [0, 0.05) is 18.5 Å². The van der Waals surface area contributed by atoms with Gasteiger partial charge in [-0.2, -0.15) is 18.2 Å². The topological polar surface area (TPSA) is 375 Å². The van der Waals surface area contributed by atoms with Gasteiger partial charge in [0.25, 0.3) is 35.4 Å². The summed E-state index contributed by atoms with van der Waals surface area (Å²) in [6.07, 6.45) is -4.26. The third-order valence-electron chi connectivity index (χ3n) is 8.08. The predicted molar refractivity (Wildman–Crippen MR) is 206 cm³/mol. The molecule has 27 heteroatoms. The van der Waals surface area contributed by atoms with Crippen LogP contribution in [0.1, 0.15) is 111 Å². The molecule has 5 N–H and O–H groups in total. The number of imide groups is 8. The number of hydrogen-bond acceptors (Lipinski definition) is 19. The molecule has 2 aromatic carbocycles. The van der Waals surface area contributed by atoms with Crippen molar-refractivity contribution in [1.82, 2.24) is 19.6 Å². The van der Waals surface area contributed by atoms with Crippen molar-refractivity contribution in [3.63, 3.8) is 0 Å². The van der Waals surface area contributed by atoms with E-state index in [0.717, 1.165) is 5.34 Å². The van der Waals surface area contributed by atoms with Crippen LogP contribution < -0.4 is 35.3 Å². The summed E-state index contributed by atoms with van der Waals surface area (Å²) in [6, 6.07) is 3.08. The average molecular weight is 917 g/mol. The third kappa shape index (κ3) is 12.5. The number of nitrogen functional groups attached to an aromatic ring is 1. The Hall–Kier alpha value is -6.19. The maximum absolute atomic E-state index is 12.9. The maximum Gasteiger partial charge on any atom is 1.00 e. The van der Waals surface area contributed by atoms with E-state index < -0.39 is 125 Å². The maximum atomic E-state index is 12.9. The van der Waals surface area contributed by atoms with Crippen molar-refractivity contribution in [1.29, 1.82) is 0 Å². The summed E-state index contributed by atoms with van der Waals surface area (Å²) in [5, 5.41) is 18.9. The van der Waals surface area contributed by atoms with Gasteiger partial charge in [0.15, 0.2) is 0 Å². The first-order valence-electron chi connectivity index (χ1n) is 18.5. The first kappa shape index (κ1) is 49.5. The molecule has 4 aliphatic rings. The number of ether oxygens (including phenoxy) is 2. The number of nitrogens with zero attached hydrogens (tertiary/aromatic N) is 5. The van der Waals surface area contributed by atoms with Crippen molar-refractivity contribution < 1.29 is 112 Å². The third-order valence-corrected chi connectivity index (χ3v) is 8.08. The molecule has 0 aromatic heterocycles. The van der Waals surface area contributed by atoms with Crippen LogP contribution in [0.5, 0.6) is 5.75 Å². The Kier molecular flexibility index (Phi) is 16.0. The van der Waals surface area contributed by atoms with Crippen LogP contribution in [0.4, 0.5) is 15.3 Å². The van der Waals surface area contributed by atoms with Gasteiger partial charge in [-0.15, -0.1) is 5.34 Å². The Balaban J connectivity index is 0.000000379. The van der Waals surface area contributed by atoms with Crippen LogP contribution in [0.15, 0.2) is 41.7 Å². The SMILES string of the molecule is O=N[O-].O=S(=O)(O)O.[2H]C1(N2C(=O)c3cccc(N)c3C2=O)CCC(=O)N(C(=O)OC(C)(C)C)C1=O.[2H]C1(N2C(=O)c3cccc(O)c3C2=O)CCC(=O)N(C(=O)OC(C)(C)C)C1=O.[Na+]. The average Bonchev–Trinajstić information content (AvgIpc) is 3.56. The molecule has 2 atom stereocenters. The predicted octanol–water partition coefficient (Wildman–Crippen LogP) is -0.640. The van der Waals surface area contributed by atoms with Crippen molar-refractivity contribution in [2.45, 2.75) is 90.5 Å². The van der Waals surface area contributed by atoms with Crippen LogP contribution in [0.2, 0.25) is 0 Å². The quantitative estimate of drug-likeness (QED) is 0.0727. The van der Waals surface area contributed by atoms with E-state index in [2.05, 4.69) is 0 Å². The number of aromatic hydroxyl groups is 1. The second-order valence-electron chi connectivity index (χ2n) is 14.8. The number of carbonyl (C=O) groups excluding carboxylic acids is 10. The van der Waals surface area contributed by atoms with Crippen LogP contribution in [0.3, 0.4) is 0 Å². The van der Waals surface area contributed by atoms with Gasteiger partial charge >= 0.3 is 52.1 Å². The monoisotopic (exact) mass is 916 g/mol. The number of piperidine rings is 2. The summed E-state index contributed by atoms with van der Waals surface area (Å²) < 4.78 is 58.8. The number of phenols is 1. The first-order valence-corrected chi connectivity index (χ1v) is 18.9. The van der Waals surface area contributed by atoms with E-state index in [-0.39, 0.29) is 67.3 Å². The van der Waals surface area contributed by atoms with Crippen LogP contribution in [0, 0.1) is 10.1 Å². The number of carbonyl (C=O) groups is 10. The molecule has 0 saturated carbocycles. The summed E-state index contributed by atoms with van der Waals surface area (Å²) in [5.41, 5.74) is 3.17. The van der Waals surface area contributed by atoms with Crippen molar-refractivity contribution in [3.05, 3.63) is 68.8 Å². The van der Waals surface area contributed by atoms with Gasteiger partial charge in [-0.1, -0.05) is 12.1 Å². The zero-order valence-corrected chi connectivity index (χ0v) is 37.2. The molecule has 334 valence electrons. The van der Waals surface area contributed by atoms with E-state index in [4.69, 9.17) is 45.6 Å². The second-order valence-corrected chi connectivity index (χ2v) is 15.7. The van der Waals surface area contributed by atoms with E-state index in [0.29, 0.717) is 9.80 Å². The number of benzene rings is 2. The Morgan fingerprint density at radius 3 is 1.40 bits per heavy atom. The zero-order valence-electron chi connectivity index (χ0n) is 36.4.